The Bertz CT molecular complexity index is 703. The highest BCUT2D eigenvalue weighted by Crippen LogP contribution is 2.23. The smallest absolute Gasteiger partial charge is 0.342 e. The van der Waals surface area contributed by atoms with Crippen LogP contribution in [0.15, 0.2) is 59.5 Å². The monoisotopic (exact) mass is 326 g/mol. The van der Waals surface area contributed by atoms with Gasteiger partial charge in [0, 0.05) is 6.42 Å². The number of rotatable bonds is 6. The molecule has 0 heterocycles. The molecule has 0 spiro atoms. The van der Waals surface area contributed by atoms with Gasteiger partial charge in [0.1, 0.15) is 4.91 Å². The van der Waals surface area contributed by atoms with Crippen LogP contribution in [-0.4, -0.2) is 16.2 Å². The van der Waals surface area contributed by atoms with E-state index in [4.69, 9.17) is 0 Å². The topological polar surface area (TPSA) is 54.4 Å². The van der Waals surface area contributed by atoms with Crippen molar-refractivity contribution in [3.8, 4) is 0 Å². The standard InChI is InChI=1S/C19H18O3S/c1-14-7-9-16(10-8-14)13-17(19(21)22)23-18(20)12-11-15-5-3-2-4-6-15/h2-10,13H,11-12H2,1H3,(H,21,22)/b17-13+. The van der Waals surface area contributed by atoms with E-state index >= 15 is 0 Å². The van der Waals surface area contributed by atoms with Crippen molar-refractivity contribution in [2.75, 3.05) is 0 Å². The zero-order valence-electron chi connectivity index (χ0n) is 12.9. The lowest BCUT2D eigenvalue weighted by molar-refractivity contribution is -0.131. The molecule has 3 nitrogen and oxygen atoms in total. The second-order valence-corrected chi connectivity index (χ2v) is 6.28. The summed E-state index contributed by atoms with van der Waals surface area (Å²) in [5.74, 6) is -1.08. The van der Waals surface area contributed by atoms with E-state index in [9.17, 15) is 14.7 Å². The molecule has 0 radical (unpaired) electrons. The highest BCUT2D eigenvalue weighted by atomic mass is 32.2. The molecule has 118 valence electrons. The minimum absolute atomic E-state index is 0.0481. The third kappa shape index (κ3) is 5.75. The Morgan fingerprint density at radius 2 is 1.70 bits per heavy atom. The van der Waals surface area contributed by atoms with Crippen LogP contribution < -0.4 is 0 Å². The summed E-state index contributed by atoms with van der Waals surface area (Å²) in [4.78, 5) is 23.4. The summed E-state index contributed by atoms with van der Waals surface area (Å²) in [5, 5.41) is 9.14. The SMILES string of the molecule is Cc1ccc(/C=C(/SC(=O)CCc2ccccc2)C(=O)O)cc1. The van der Waals surface area contributed by atoms with Crippen molar-refractivity contribution < 1.29 is 14.7 Å². The van der Waals surface area contributed by atoms with Crippen molar-refractivity contribution >= 4 is 28.9 Å². The highest BCUT2D eigenvalue weighted by molar-refractivity contribution is 8.17. The average molecular weight is 326 g/mol. The van der Waals surface area contributed by atoms with E-state index in [2.05, 4.69) is 0 Å². The zero-order chi connectivity index (χ0) is 16.7. The number of carbonyl (C=O) groups is 2. The van der Waals surface area contributed by atoms with Crippen molar-refractivity contribution in [2.24, 2.45) is 0 Å². The average Bonchev–Trinajstić information content (AvgIpc) is 2.55. The van der Waals surface area contributed by atoms with Crippen molar-refractivity contribution in [2.45, 2.75) is 19.8 Å². The van der Waals surface area contributed by atoms with Gasteiger partial charge in [0.25, 0.3) is 0 Å². The molecule has 0 aliphatic heterocycles. The Hall–Kier alpha value is -2.33. The molecule has 4 heteroatoms. The second-order valence-electron chi connectivity index (χ2n) is 5.18. The van der Waals surface area contributed by atoms with Crippen LogP contribution in [0.1, 0.15) is 23.1 Å². The minimum Gasteiger partial charge on any atom is -0.477 e. The molecule has 2 aromatic rings. The molecule has 0 aliphatic carbocycles. The van der Waals surface area contributed by atoms with Crippen LogP contribution in [-0.2, 0) is 16.0 Å². The maximum Gasteiger partial charge on any atom is 0.342 e. The Labute approximate surface area is 140 Å². The second kappa shape index (κ2) is 8.34. The minimum atomic E-state index is -1.08. The van der Waals surface area contributed by atoms with E-state index in [0.717, 1.165) is 28.5 Å². The number of benzene rings is 2. The summed E-state index contributed by atoms with van der Waals surface area (Å²) in [5.41, 5.74) is 2.95. The fraction of sp³-hybridized carbons (Fsp3) is 0.158. The molecule has 0 atom stereocenters. The van der Waals surface area contributed by atoms with Crippen LogP contribution in [0.5, 0.6) is 0 Å². The first kappa shape index (κ1) is 17.0. The Balaban J connectivity index is 2.00. The van der Waals surface area contributed by atoms with Crippen LogP contribution in [0.3, 0.4) is 0 Å². The van der Waals surface area contributed by atoms with Gasteiger partial charge in [0.05, 0.1) is 0 Å². The summed E-state index contributed by atoms with van der Waals surface area (Å²) in [6.45, 7) is 1.97. The van der Waals surface area contributed by atoms with Gasteiger partial charge in [-0.05, 0) is 42.3 Å². The summed E-state index contributed by atoms with van der Waals surface area (Å²) < 4.78 is 0. The molecule has 1 N–H and O–H groups in total. The first-order valence-corrected chi connectivity index (χ1v) is 8.12. The molecule has 0 saturated heterocycles. The van der Waals surface area contributed by atoms with E-state index in [1.54, 1.807) is 0 Å². The lowest BCUT2D eigenvalue weighted by Gasteiger charge is -2.03. The number of carboxylic acid groups (broad SMARTS) is 1. The van der Waals surface area contributed by atoms with Gasteiger partial charge < -0.3 is 5.11 Å². The van der Waals surface area contributed by atoms with E-state index < -0.39 is 5.97 Å². The summed E-state index contributed by atoms with van der Waals surface area (Å²) in [6.07, 6.45) is 2.46. The van der Waals surface area contributed by atoms with E-state index in [0.29, 0.717) is 12.8 Å². The Morgan fingerprint density at radius 3 is 2.30 bits per heavy atom. The molecule has 2 aromatic carbocycles. The van der Waals surface area contributed by atoms with Crippen LogP contribution >= 0.6 is 11.8 Å². The lowest BCUT2D eigenvalue weighted by Crippen LogP contribution is -2.02. The van der Waals surface area contributed by atoms with Crippen LogP contribution in [0.4, 0.5) is 0 Å². The molecular weight excluding hydrogens is 308 g/mol. The fourth-order valence-electron chi connectivity index (χ4n) is 2.01. The molecule has 2 rings (SSSR count). The van der Waals surface area contributed by atoms with Crippen LogP contribution in [0.2, 0.25) is 0 Å². The third-order valence-electron chi connectivity index (χ3n) is 3.27. The Morgan fingerprint density at radius 1 is 1.04 bits per heavy atom. The molecule has 0 bridgehead atoms. The summed E-state index contributed by atoms with van der Waals surface area (Å²) >= 11 is 0.794. The number of hydrogen-bond donors (Lipinski definition) is 1. The number of aryl methyl sites for hydroxylation is 2. The van der Waals surface area contributed by atoms with Crippen molar-refractivity contribution in [3.05, 3.63) is 76.2 Å². The first-order valence-electron chi connectivity index (χ1n) is 7.31. The van der Waals surface area contributed by atoms with E-state index in [-0.39, 0.29) is 10.0 Å². The van der Waals surface area contributed by atoms with Gasteiger partial charge in [0.2, 0.25) is 0 Å². The molecule has 0 aromatic heterocycles. The van der Waals surface area contributed by atoms with Gasteiger partial charge in [-0.1, -0.05) is 60.2 Å². The lowest BCUT2D eigenvalue weighted by atomic mass is 10.1. The number of hydrogen-bond acceptors (Lipinski definition) is 3. The van der Waals surface area contributed by atoms with Gasteiger partial charge >= 0.3 is 5.97 Å². The normalized spacial score (nSPS) is 11.3. The van der Waals surface area contributed by atoms with E-state index in [1.165, 1.54) is 6.08 Å². The number of aliphatic carboxylic acids is 1. The highest BCUT2D eigenvalue weighted by Gasteiger charge is 2.14. The van der Waals surface area contributed by atoms with Crippen molar-refractivity contribution in [3.63, 3.8) is 0 Å². The fourth-order valence-corrected chi connectivity index (χ4v) is 2.75. The van der Waals surface area contributed by atoms with Crippen LogP contribution in [0.25, 0.3) is 6.08 Å². The number of carboxylic acids is 1. The largest absolute Gasteiger partial charge is 0.477 e. The Kier molecular flexibility index (Phi) is 6.18. The van der Waals surface area contributed by atoms with Gasteiger partial charge in [-0.3, -0.25) is 4.79 Å². The summed E-state index contributed by atoms with van der Waals surface area (Å²) in [6, 6.07) is 17.2. The first-order chi connectivity index (χ1) is 11.0. The number of carbonyl (C=O) groups excluding carboxylic acids is 1. The van der Waals surface area contributed by atoms with Gasteiger partial charge in [-0.15, -0.1) is 0 Å². The molecule has 0 saturated carbocycles. The molecule has 0 amide bonds. The quantitative estimate of drug-likeness (QED) is 0.804. The van der Waals surface area contributed by atoms with Gasteiger partial charge in [0.15, 0.2) is 5.12 Å². The maximum atomic E-state index is 12.0. The predicted molar refractivity (Wildman–Crippen MR) is 94.2 cm³/mol. The molecule has 23 heavy (non-hydrogen) atoms. The molecular formula is C19H18O3S. The molecule has 0 unspecified atom stereocenters. The van der Waals surface area contributed by atoms with Gasteiger partial charge in [-0.2, -0.15) is 0 Å². The zero-order valence-corrected chi connectivity index (χ0v) is 13.7. The van der Waals surface area contributed by atoms with Gasteiger partial charge in [-0.25, -0.2) is 4.79 Å². The van der Waals surface area contributed by atoms with Crippen LogP contribution in [0, 0.1) is 6.92 Å². The van der Waals surface area contributed by atoms with Crippen molar-refractivity contribution in [1.29, 1.82) is 0 Å². The van der Waals surface area contributed by atoms with E-state index in [1.807, 2.05) is 61.5 Å². The van der Waals surface area contributed by atoms with Crippen molar-refractivity contribution in [1.82, 2.24) is 0 Å². The third-order valence-corrected chi connectivity index (χ3v) is 4.21. The summed E-state index contributed by atoms with van der Waals surface area (Å²) in [7, 11) is 0. The number of thioether (sulfide) groups is 1. The maximum absolute atomic E-state index is 12.0. The molecule has 0 fully saturated rings. The molecule has 0 aliphatic rings. The predicted octanol–water partition coefficient (Wildman–Crippen LogP) is 4.31.